The minimum absolute atomic E-state index is 0.191. The number of aliphatic hydroxyl groups is 1. The molecule has 2 saturated carbocycles. The third kappa shape index (κ3) is 2.50. The van der Waals surface area contributed by atoms with E-state index in [1.807, 2.05) is 0 Å². The lowest BCUT2D eigenvalue weighted by molar-refractivity contribution is 0.0556. The van der Waals surface area contributed by atoms with Gasteiger partial charge in [0.05, 0.1) is 11.5 Å². The molecule has 0 radical (unpaired) electrons. The van der Waals surface area contributed by atoms with Crippen molar-refractivity contribution in [2.24, 2.45) is 11.7 Å². The maximum atomic E-state index is 10.2. The van der Waals surface area contributed by atoms with Gasteiger partial charge in [-0.1, -0.05) is 12.8 Å². The lowest BCUT2D eigenvalue weighted by Gasteiger charge is -2.35. The average Bonchev–Trinajstić information content (AvgIpc) is 2.72. The van der Waals surface area contributed by atoms with Crippen LogP contribution in [0.2, 0.25) is 0 Å². The summed E-state index contributed by atoms with van der Waals surface area (Å²) in [5, 5.41) is 15.2. The second kappa shape index (κ2) is 5.08. The number of rotatable bonds is 1. The zero-order chi connectivity index (χ0) is 11.8. The first kappa shape index (κ1) is 12.3. The second-order valence-corrected chi connectivity index (χ2v) is 7.34. The maximum absolute atomic E-state index is 10.2. The Bertz CT molecular complexity index is 262. The van der Waals surface area contributed by atoms with Crippen LogP contribution in [0.4, 0.5) is 0 Å². The molecule has 0 aromatic carbocycles. The van der Waals surface area contributed by atoms with E-state index >= 15 is 0 Å². The SMILES string of the molecule is NC1CCC(C2NC3CCCCC3S2)C(O)C1. The zero-order valence-corrected chi connectivity index (χ0v) is 11.2. The van der Waals surface area contributed by atoms with Crippen molar-refractivity contribution < 1.29 is 5.11 Å². The molecule has 3 aliphatic rings. The van der Waals surface area contributed by atoms with Crippen molar-refractivity contribution in [3.8, 4) is 0 Å². The number of nitrogens with one attached hydrogen (secondary N) is 1. The Balaban J connectivity index is 1.61. The molecule has 4 N–H and O–H groups in total. The molecule has 6 atom stereocenters. The average molecular weight is 256 g/mol. The summed E-state index contributed by atoms with van der Waals surface area (Å²) in [4.78, 5) is 0. The van der Waals surface area contributed by atoms with Crippen LogP contribution in [-0.4, -0.2) is 33.9 Å². The van der Waals surface area contributed by atoms with Crippen molar-refractivity contribution >= 4 is 11.8 Å². The topological polar surface area (TPSA) is 58.3 Å². The summed E-state index contributed by atoms with van der Waals surface area (Å²) in [7, 11) is 0. The van der Waals surface area contributed by atoms with Crippen LogP contribution in [-0.2, 0) is 0 Å². The quantitative estimate of drug-likeness (QED) is 0.664. The normalized spacial score (nSPS) is 51.2. The first-order valence-electron chi connectivity index (χ1n) is 7.09. The molecule has 0 bridgehead atoms. The van der Waals surface area contributed by atoms with Gasteiger partial charge in [-0.3, -0.25) is 0 Å². The van der Waals surface area contributed by atoms with Gasteiger partial charge >= 0.3 is 0 Å². The highest BCUT2D eigenvalue weighted by molar-refractivity contribution is 8.00. The molecule has 3 rings (SSSR count). The van der Waals surface area contributed by atoms with Crippen molar-refractivity contribution in [3.05, 3.63) is 0 Å². The highest BCUT2D eigenvalue weighted by Crippen LogP contribution is 2.42. The zero-order valence-electron chi connectivity index (χ0n) is 10.3. The summed E-state index contributed by atoms with van der Waals surface area (Å²) in [5.74, 6) is 0.422. The molecule has 0 aromatic heterocycles. The van der Waals surface area contributed by atoms with E-state index in [-0.39, 0.29) is 12.1 Å². The second-order valence-electron chi connectivity index (χ2n) is 5.96. The Morgan fingerprint density at radius 1 is 1.12 bits per heavy atom. The number of hydrogen-bond acceptors (Lipinski definition) is 4. The van der Waals surface area contributed by atoms with E-state index in [2.05, 4.69) is 17.1 Å². The lowest BCUT2D eigenvalue weighted by Crippen LogP contribution is -2.45. The smallest absolute Gasteiger partial charge is 0.0606 e. The highest BCUT2D eigenvalue weighted by atomic mass is 32.2. The standard InChI is InChI=1S/C13H24N2OS/c14-8-5-6-9(11(16)7-8)13-15-10-3-1-2-4-12(10)17-13/h8-13,15-16H,1-7,14H2. The third-order valence-electron chi connectivity index (χ3n) is 4.70. The summed E-state index contributed by atoms with van der Waals surface area (Å²) < 4.78 is 0. The van der Waals surface area contributed by atoms with E-state index in [4.69, 9.17) is 5.73 Å². The molecular formula is C13H24N2OS. The molecule has 17 heavy (non-hydrogen) atoms. The van der Waals surface area contributed by atoms with Crippen LogP contribution in [0.25, 0.3) is 0 Å². The number of thioether (sulfide) groups is 1. The fourth-order valence-electron chi connectivity index (χ4n) is 3.67. The first-order chi connectivity index (χ1) is 8.24. The van der Waals surface area contributed by atoms with E-state index < -0.39 is 0 Å². The molecule has 3 fully saturated rings. The van der Waals surface area contributed by atoms with Gasteiger partial charge in [0, 0.05) is 23.3 Å². The molecule has 3 nitrogen and oxygen atoms in total. The molecule has 1 aliphatic heterocycles. The molecule has 1 saturated heterocycles. The van der Waals surface area contributed by atoms with Crippen LogP contribution in [0.15, 0.2) is 0 Å². The van der Waals surface area contributed by atoms with Crippen LogP contribution in [0, 0.1) is 5.92 Å². The molecule has 2 aliphatic carbocycles. The van der Waals surface area contributed by atoms with Gasteiger partial charge in [-0.15, -0.1) is 11.8 Å². The van der Waals surface area contributed by atoms with Crippen LogP contribution in [0.1, 0.15) is 44.9 Å². The van der Waals surface area contributed by atoms with Crippen molar-refractivity contribution in [3.63, 3.8) is 0 Å². The first-order valence-corrected chi connectivity index (χ1v) is 8.03. The van der Waals surface area contributed by atoms with E-state index in [1.165, 1.54) is 25.7 Å². The van der Waals surface area contributed by atoms with Gasteiger partial charge in [-0.2, -0.15) is 0 Å². The molecule has 6 unspecified atom stereocenters. The number of nitrogens with two attached hydrogens (primary N) is 1. The molecule has 0 spiro atoms. The summed E-state index contributed by atoms with van der Waals surface area (Å²) in [6.45, 7) is 0. The van der Waals surface area contributed by atoms with Crippen molar-refractivity contribution in [2.75, 3.05) is 0 Å². The summed E-state index contributed by atoms with van der Waals surface area (Å²) in [6, 6.07) is 0.927. The van der Waals surface area contributed by atoms with E-state index in [0.29, 0.717) is 17.3 Å². The van der Waals surface area contributed by atoms with Crippen LogP contribution < -0.4 is 11.1 Å². The predicted octanol–water partition coefficient (Wildman–Crippen LogP) is 1.45. The molecule has 0 aromatic rings. The fraction of sp³-hybridized carbons (Fsp3) is 1.00. The molecule has 98 valence electrons. The summed E-state index contributed by atoms with van der Waals surface area (Å²) >= 11 is 2.09. The Hall–Kier alpha value is 0.230. The van der Waals surface area contributed by atoms with Crippen molar-refractivity contribution in [2.45, 2.75) is 73.8 Å². The van der Waals surface area contributed by atoms with Crippen LogP contribution >= 0.6 is 11.8 Å². The number of aliphatic hydroxyl groups excluding tert-OH is 1. The number of hydrogen-bond donors (Lipinski definition) is 3. The van der Waals surface area contributed by atoms with Crippen molar-refractivity contribution in [1.29, 1.82) is 0 Å². The van der Waals surface area contributed by atoms with E-state index in [9.17, 15) is 5.11 Å². The molecular weight excluding hydrogens is 232 g/mol. The Morgan fingerprint density at radius 2 is 1.94 bits per heavy atom. The number of fused-ring (bicyclic) bond motifs is 1. The summed E-state index contributed by atoms with van der Waals surface area (Å²) in [5.41, 5.74) is 5.92. The van der Waals surface area contributed by atoms with Gasteiger partial charge in [0.2, 0.25) is 0 Å². The van der Waals surface area contributed by atoms with Gasteiger partial charge in [-0.05, 0) is 32.1 Å². The predicted molar refractivity (Wildman–Crippen MR) is 71.9 cm³/mol. The molecule has 4 heteroatoms. The van der Waals surface area contributed by atoms with E-state index in [0.717, 1.165) is 24.5 Å². The summed E-state index contributed by atoms with van der Waals surface area (Å²) in [6.07, 6.45) is 8.22. The van der Waals surface area contributed by atoms with Gasteiger partial charge in [-0.25, -0.2) is 0 Å². The van der Waals surface area contributed by atoms with Gasteiger partial charge < -0.3 is 16.2 Å². The lowest BCUT2D eigenvalue weighted by atomic mass is 9.83. The Kier molecular flexibility index (Phi) is 3.67. The van der Waals surface area contributed by atoms with Crippen LogP contribution in [0.3, 0.4) is 0 Å². The molecule has 0 amide bonds. The molecule has 1 heterocycles. The Labute approximate surface area is 108 Å². The minimum atomic E-state index is -0.191. The van der Waals surface area contributed by atoms with Crippen molar-refractivity contribution in [1.82, 2.24) is 5.32 Å². The Morgan fingerprint density at radius 3 is 2.71 bits per heavy atom. The van der Waals surface area contributed by atoms with Gasteiger partial charge in [0.15, 0.2) is 0 Å². The third-order valence-corrected chi connectivity index (χ3v) is 6.39. The van der Waals surface area contributed by atoms with Gasteiger partial charge in [0.25, 0.3) is 0 Å². The largest absolute Gasteiger partial charge is 0.393 e. The minimum Gasteiger partial charge on any atom is -0.393 e. The van der Waals surface area contributed by atoms with Crippen LogP contribution in [0.5, 0.6) is 0 Å². The monoisotopic (exact) mass is 256 g/mol. The maximum Gasteiger partial charge on any atom is 0.0606 e. The highest BCUT2D eigenvalue weighted by Gasteiger charge is 2.42. The fourth-order valence-corrected chi connectivity index (χ4v) is 5.52. The van der Waals surface area contributed by atoms with Gasteiger partial charge in [0.1, 0.15) is 0 Å². The van der Waals surface area contributed by atoms with E-state index in [1.54, 1.807) is 0 Å².